The number of hydrogen-bond acceptors (Lipinski definition) is 2. The number of fused-ring (bicyclic) bond motifs is 1. The topological polar surface area (TPSA) is 40.2 Å². The third-order valence-corrected chi connectivity index (χ3v) is 2.71. The van der Waals surface area contributed by atoms with Crippen molar-refractivity contribution in [3.63, 3.8) is 0 Å². The summed E-state index contributed by atoms with van der Waals surface area (Å²) in [7, 11) is 3.70. The van der Waals surface area contributed by atoms with Crippen LogP contribution in [0.3, 0.4) is 0 Å². The van der Waals surface area contributed by atoms with E-state index in [1.807, 2.05) is 26.1 Å². The average Bonchev–Trinajstić information content (AvgIpc) is 2.56. The van der Waals surface area contributed by atoms with Crippen LogP contribution in [0.15, 0.2) is 24.4 Å². The largest absolute Gasteiger partial charge is 0.495 e. The fraction of sp³-hybridized carbons (Fsp3) is 0.333. The van der Waals surface area contributed by atoms with Gasteiger partial charge in [0.25, 0.3) is 0 Å². The van der Waals surface area contributed by atoms with Crippen molar-refractivity contribution in [2.45, 2.75) is 13.0 Å². The van der Waals surface area contributed by atoms with Gasteiger partial charge in [-0.2, -0.15) is 0 Å². The summed E-state index contributed by atoms with van der Waals surface area (Å²) in [5.41, 5.74) is 8.19. The maximum absolute atomic E-state index is 5.93. The Bertz CT molecular complexity index is 486. The van der Waals surface area contributed by atoms with Gasteiger partial charge in [-0.05, 0) is 18.6 Å². The molecular weight excluding hydrogens is 188 g/mol. The maximum Gasteiger partial charge on any atom is 0.143 e. The predicted octanol–water partition coefficient (Wildman–Crippen LogP) is 2.21. The Morgan fingerprint density at radius 3 is 2.73 bits per heavy atom. The van der Waals surface area contributed by atoms with Crippen LogP contribution in [0.1, 0.15) is 18.5 Å². The summed E-state index contributed by atoms with van der Waals surface area (Å²) in [6.07, 6.45) is 2.07. The third-order valence-electron chi connectivity index (χ3n) is 2.71. The van der Waals surface area contributed by atoms with Crippen molar-refractivity contribution in [2.75, 3.05) is 7.11 Å². The number of aromatic nitrogens is 1. The van der Waals surface area contributed by atoms with Gasteiger partial charge < -0.3 is 15.0 Å². The highest BCUT2D eigenvalue weighted by Gasteiger charge is 2.12. The lowest BCUT2D eigenvalue weighted by atomic mass is 10.1. The molecule has 2 aromatic rings. The molecule has 0 fully saturated rings. The quantitative estimate of drug-likeness (QED) is 0.814. The molecule has 1 unspecified atom stereocenters. The van der Waals surface area contributed by atoms with Gasteiger partial charge in [0.2, 0.25) is 0 Å². The first-order valence-electron chi connectivity index (χ1n) is 5.02. The Balaban J connectivity index is 2.79. The van der Waals surface area contributed by atoms with Crippen molar-refractivity contribution in [3.8, 4) is 5.75 Å². The van der Waals surface area contributed by atoms with E-state index in [0.717, 1.165) is 16.8 Å². The van der Waals surface area contributed by atoms with Gasteiger partial charge in [0, 0.05) is 24.7 Å². The van der Waals surface area contributed by atoms with Crippen molar-refractivity contribution < 1.29 is 4.74 Å². The van der Waals surface area contributed by atoms with Crippen molar-refractivity contribution in [1.29, 1.82) is 0 Å². The molecule has 0 saturated heterocycles. The lowest BCUT2D eigenvalue weighted by Gasteiger charge is -2.05. The average molecular weight is 204 g/mol. The molecule has 0 saturated carbocycles. The zero-order valence-electron chi connectivity index (χ0n) is 9.32. The van der Waals surface area contributed by atoms with Crippen LogP contribution in [0, 0.1) is 0 Å². The second-order valence-corrected chi connectivity index (χ2v) is 3.84. The maximum atomic E-state index is 5.93. The zero-order chi connectivity index (χ0) is 11.0. The lowest BCUT2D eigenvalue weighted by Crippen LogP contribution is -2.03. The molecule has 0 amide bonds. The van der Waals surface area contributed by atoms with E-state index in [1.165, 1.54) is 5.39 Å². The highest BCUT2D eigenvalue weighted by Crippen LogP contribution is 2.31. The van der Waals surface area contributed by atoms with Crippen LogP contribution in [0.4, 0.5) is 0 Å². The van der Waals surface area contributed by atoms with Crippen LogP contribution in [0.5, 0.6) is 5.75 Å². The van der Waals surface area contributed by atoms with Gasteiger partial charge in [-0.25, -0.2) is 0 Å². The van der Waals surface area contributed by atoms with Gasteiger partial charge in [0.15, 0.2) is 0 Å². The Morgan fingerprint density at radius 1 is 1.40 bits per heavy atom. The Kier molecular flexibility index (Phi) is 2.40. The molecule has 2 rings (SSSR count). The molecule has 0 aliphatic carbocycles. The Morgan fingerprint density at radius 2 is 2.13 bits per heavy atom. The first-order valence-corrected chi connectivity index (χ1v) is 5.02. The standard InChI is InChI=1S/C12H16N2O/c1-8(13)10-7-14(2)12-9(10)5-4-6-11(12)15-3/h4-8H,13H2,1-3H3. The number of hydrogen-bond donors (Lipinski definition) is 1. The zero-order valence-corrected chi connectivity index (χ0v) is 9.32. The van der Waals surface area contributed by atoms with E-state index in [9.17, 15) is 0 Å². The van der Waals surface area contributed by atoms with Gasteiger partial charge in [0.05, 0.1) is 12.6 Å². The summed E-state index contributed by atoms with van der Waals surface area (Å²) in [4.78, 5) is 0. The summed E-state index contributed by atoms with van der Waals surface area (Å²) < 4.78 is 7.40. The Labute approximate surface area is 89.4 Å². The van der Waals surface area contributed by atoms with Crippen molar-refractivity contribution >= 4 is 10.9 Å². The number of rotatable bonds is 2. The fourth-order valence-electron chi connectivity index (χ4n) is 1.99. The van der Waals surface area contributed by atoms with Crippen LogP contribution in [-0.4, -0.2) is 11.7 Å². The molecule has 2 N–H and O–H groups in total. The van der Waals surface area contributed by atoms with E-state index >= 15 is 0 Å². The summed E-state index contributed by atoms with van der Waals surface area (Å²) in [5.74, 6) is 0.891. The van der Waals surface area contributed by atoms with Crippen molar-refractivity contribution in [3.05, 3.63) is 30.0 Å². The van der Waals surface area contributed by atoms with E-state index in [2.05, 4.69) is 16.8 Å². The molecule has 80 valence electrons. The van der Waals surface area contributed by atoms with Crippen LogP contribution >= 0.6 is 0 Å². The summed E-state index contributed by atoms with van der Waals surface area (Å²) in [6, 6.07) is 6.08. The van der Waals surface area contributed by atoms with Gasteiger partial charge in [-0.1, -0.05) is 12.1 Å². The molecule has 0 spiro atoms. The van der Waals surface area contributed by atoms with Crippen LogP contribution in [0.2, 0.25) is 0 Å². The molecule has 15 heavy (non-hydrogen) atoms. The molecule has 0 aliphatic heterocycles. The van der Waals surface area contributed by atoms with Gasteiger partial charge in [-0.15, -0.1) is 0 Å². The molecule has 1 aromatic heterocycles. The van der Waals surface area contributed by atoms with E-state index in [1.54, 1.807) is 7.11 Å². The summed E-state index contributed by atoms with van der Waals surface area (Å²) in [6.45, 7) is 1.99. The Hall–Kier alpha value is -1.48. The predicted molar refractivity (Wildman–Crippen MR) is 62.1 cm³/mol. The molecule has 3 heteroatoms. The van der Waals surface area contributed by atoms with Crippen LogP contribution in [-0.2, 0) is 7.05 Å². The van der Waals surface area contributed by atoms with Crippen molar-refractivity contribution in [2.24, 2.45) is 12.8 Å². The van der Waals surface area contributed by atoms with E-state index in [4.69, 9.17) is 10.5 Å². The van der Waals surface area contributed by atoms with Crippen molar-refractivity contribution in [1.82, 2.24) is 4.57 Å². The minimum atomic E-state index is 0.0424. The number of ether oxygens (including phenoxy) is 1. The monoisotopic (exact) mass is 204 g/mol. The second kappa shape index (κ2) is 3.59. The first-order chi connectivity index (χ1) is 7.15. The number of nitrogens with two attached hydrogens (primary N) is 1. The van der Waals surface area contributed by atoms with Crippen LogP contribution in [0.25, 0.3) is 10.9 Å². The number of nitrogens with zero attached hydrogens (tertiary/aromatic N) is 1. The molecule has 0 bridgehead atoms. The minimum absolute atomic E-state index is 0.0424. The smallest absolute Gasteiger partial charge is 0.143 e. The lowest BCUT2D eigenvalue weighted by molar-refractivity contribution is 0.418. The highest BCUT2D eigenvalue weighted by atomic mass is 16.5. The number of methoxy groups -OCH3 is 1. The third kappa shape index (κ3) is 1.49. The minimum Gasteiger partial charge on any atom is -0.495 e. The second-order valence-electron chi connectivity index (χ2n) is 3.84. The van der Waals surface area contributed by atoms with E-state index in [0.29, 0.717) is 0 Å². The molecule has 0 aliphatic rings. The first kappa shape index (κ1) is 10.1. The normalized spacial score (nSPS) is 13.1. The summed E-state index contributed by atoms with van der Waals surface area (Å²) in [5, 5.41) is 1.17. The van der Waals surface area contributed by atoms with Gasteiger partial charge >= 0.3 is 0 Å². The molecule has 1 heterocycles. The SMILES string of the molecule is COc1cccc2c(C(C)N)cn(C)c12. The fourth-order valence-corrected chi connectivity index (χ4v) is 1.99. The number of aryl methyl sites for hydroxylation is 1. The highest BCUT2D eigenvalue weighted by molar-refractivity contribution is 5.89. The summed E-state index contributed by atoms with van der Waals surface area (Å²) >= 11 is 0. The number of benzene rings is 1. The molecule has 0 radical (unpaired) electrons. The van der Waals surface area contributed by atoms with Gasteiger partial charge in [0.1, 0.15) is 5.75 Å². The number of para-hydroxylation sites is 1. The van der Waals surface area contributed by atoms with E-state index < -0.39 is 0 Å². The van der Waals surface area contributed by atoms with Crippen LogP contribution < -0.4 is 10.5 Å². The molecule has 1 atom stereocenters. The van der Waals surface area contributed by atoms with Gasteiger partial charge in [-0.3, -0.25) is 0 Å². The molecule has 1 aromatic carbocycles. The van der Waals surface area contributed by atoms with E-state index in [-0.39, 0.29) is 6.04 Å². The molecular formula is C12H16N2O. The molecule has 3 nitrogen and oxygen atoms in total.